The van der Waals surface area contributed by atoms with Crippen molar-refractivity contribution in [3.8, 4) is 11.5 Å². The smallest absolute Gasteiger partial charge is 0.264 e. The van der Waals surface area contributed by atoms with Gasteiger partial charge in [-0.2, -0.15) is 0 Å². The van der Waals surface area contributed by atoms with Gasteiger partial charge in [0, 0.05) is 22.7 Å². The SMILES string of the molecule is COc1ccc(S(=O)(=O)N2C[C@H](Br)[C@@H](Br)CN(S(=O)(=O)c3ccc(OC)cc3)c3ccccc32)cc1. The number of hydrogen-bond donors (Lipinski definition) is 0. The fourth-order valence-electron chi connectivity index (χ4n) is 3.83. The summed E-state index contributed by atoms with van der Waals surface area (Å²) in [6.45, 7) is 0.162. The van der Waals surface area contributed by atoms with E-state index in [4.69, 9.17) is 9.47 Å². The quantitative estimate of drug-likeness (QED) is 0.358. The Bertz CT molecular complexity index is 1320. The number of anilines is 2. The van der Waals surface area contributed by atoms with Crippen LogP contribution in [0.2, 0.25) is 0 Å². The van der Waals surface area contributed by atoms with Crippen molar-refractivity contribution in [1.82, 2.24) is 0 Å². The zero-order valence-electron chi connectivity index (χ0n) is 19.4. The third-order valence-corrected chi connectivity index (χ3v) is 11.9. The zero-order chi connectivity index (χ0) is 26.1. The van der Waals surface area contributed by atoms with Crippen LogP contribution in [0.15, 0.2) is 82.6 Å². The van der Waals surface area contributed by atoms with Crippen molar-refractivity contribution in [2.75, 3.05) is 35.9 Å². The van der Waals surface area contributed by atoms with E-state index in [1.54, 1.807) is 48.5 Å². The van der Waals surface area contributed by atoms with Crippen LogP contribution in [0.4, 0.5) is 11.4 Å². The van der Waals surface area contributed by atoms with Crippen LogP contribution in [0, 0.1) is 0 Å². The first kappa shape index (κ1) is 26.8. The highest BCUT2D eigenvalue weighted by atomic mass is 79.9. The maximum Gasteiger partial charge on any atom is 0.264 e. The monoisotopic (exact) mass is 658 g/mol. The molecule has 1 aliphatic rings. The lowest BCUT2D eigenvalue weighted by Gasteiger charge is -2.37. The molecular weight excluding hydrogens is 636 g/mol. The lowest BCUT2D eigenvalue weighted by atomic mass is 10.2. The largest absolute Gasteiger partial charge is 0.497 e. The summed E-state index contributed by atoms with van der Waals surface area (Å²) < 4.78 is 68.1. The molecule has 12 heteroatoms. The van der Waals surface area contributed by atoms with Gasteiger partial charge in [-0.15, -0.1) is 0 Å². The second-order valence-electron chi connectivity index (χ2n) is 7.94. The minimum absolute atomic E-state index is 0.0639. The van der Waals surface area contributed by atoms with E-state index < -0.39 is 29.7 Å². The molecule has 4 rings (SSSR count). The predicted octanol–water partition coefficient (Wildman–Crippen LogP) is 4.64. The summed E-state index contributed by atoms with van der Waals surface area (Å²) in [5.74, 6) is 1.05. The van der Waals surface area contributed by atoms with E-state index in [1.165, 1.54) is 47.1 Å². The van der Waals surface area contributed by atoms with Crippen LogP contribution in [0.3, 0.4) is 0 Å². The van der Waals surface area contributed by atoms with Gasteiger partial charge >= 0.3 is 0 Å². The molecule has 2 atom stereocenters. The van der Waals surface area contributed by atoms with Gasteiger partial charge in [0.1, 0.15) is 11.5 Å². The second-order valence-corrected chi connectivity index (χ2v) is 14.0. The Hall–Kier alpha value is -2.28. The lowest BCUT2D eigenvalue weighted by molar-refractivity contribution is 0.414. The van der Waals surface area contributed by atoms with Crippen LogP contribution < -0.4 is 18.1 Å². The highest BCUT2D eigenvalue weighted by molar-refractivity contribution is 9.12. The number of ether oxygens (including phenoxy) is 2. The summed E-state index contributed by atoms with van der Waals surface area (Å²) in [6, 6.07) is 18.8. The van der Waals surface area contributed by atoms with Crippen LogP contribution in [0.25, 0.3) is 0 Å². The Morgan fingerprint density at radius 2 is 0.972 bits per heavy atom. The minimum Gasteiger partial charge on any atom is -0.497 e. The molecule has 3 aromatic rings. The van der Waals surface area contributed by atoms with Crippen LogP contribution >= 0.6 is 31.9 Å². The van der Waals surface area contributed by atoms with E-state index in [9.17, 15) is 16.8 Å². The molecule has 0 saturated heterocycles. The standard InChI is InChI=1S/C24H24Br2N2O6S2/c1-33-17-7-11-19(12-8-17)35(29,30)27-15-21(25)22(26)16-28(24-6-4-3-5-23(24)27)36(31,32)20-13-9-18(34-2)10-14-20/h3-14,21-22H,15-16H2,1-2H3/t21-,22-/m0/s1. The summed E-state index contributed by atoms with van der Waals surface area (Å²) in [5, 5.41) is 0. The lowest BCUT2D eigenvalue weighted by Crippen LogP contribution is -2.47. The molecule has 0 fully saturated rings. The second kappa shape index (κ2) is 10.6. The van der Waals surface area contributed by atoms with Gasteiger partial charge in [0.15, 0.2) is 0 Å². The molecular formula is C24H24Br2N2O6S2. The number of benzene rings is 3. The van der Waals surface area contributed by atoms with Gasteiger partial charge in [-0.25, -0.2) is 16.8 Å². The Kier molecular flexibility index (Phi) is 7.89. The Morgan fingerprint density at radius 1 is 0.639 bits per heavy atom. The molecule has 1 aliphatic heterocycles. The van der Waals surface area contributed by atoms with Crippen molar-refractivity contribution in [2.24, 2.45) is 0 Å². The van der Waals surface area contributed by atoms with E-state index in [-0.39, 0.29) is 34.3 Å². The summed E-state index contributed by atoms with van der Waals surface area (Å²) in [5.41, 5.74) is 0.517. The molecule has 0 unspecified atom stereocenters. The molecule has 0 amide bonds. The molecule has 192 valence electrons. The van der Waals surface area contributed by atoms with E-state index in [1.807, 2.05) is 0 Å². The van der Waals surface area contributed by atoms with Gasteiger partial charge in [-0.1, -0.05) is 44.0 Å². The number of nitrogens with zero attached hydrogens (tertiary/aromatic N) is 2. The molecule has 0 N–H and O–H groups in total. The summed E-state index contributed by atoms with van der Waals surface area (Å²) in [7, 11) is -5.10. The van der Waals surface area contributed by atoms with Gasteiger partial charge in [-0.05, 0) is 60.7 Å². The van der Waals surface area contributed by atoms with Gasteiger partial charge < -0.3 is 9.47 Å². The van der Waals surface area contributed by atoms with Crippen molar-refractivity contribution < 1.29 is 26.3 Å². The van der Waals surface area contributed by atoms with Crippen molar-refractivity contribution >= 4 is 63.3 Å². The number of halogens is 2. The average Bonchev–Trinajstić information content (AvgIpc) is 2.89. The number of alkyl halides is 2. The predicted molar refractivity (Wildman–Crippen MR) is 147 cm³/mol. The number of para-hydroxylation sites is 2. The van der Waals surface area contributed by atoms with Gasteiger partial charge in [-0.3, -0.25) is 8.61 Å². The zero-order valence-corrected chi connectivity index (χ0v) is 24.2. The van der Waals surface area contributed by atoms with Crippen molar-refractivity contribution in [1.29, 1.82) is 0 Å². The number of methoxy groups -OCH3 is 2. The summed E-state index contributed by atoms with van der Waals surface area (Å²) in [4.78, 5) is -0.664. The first-order valence-corrected chi connectivity index (χ1v) is 15.5. The Balaban J connectivity index is 1.87. The van der Waals surface area contributed by atoms with Crippen molar-refractivity contribution in [3.05, 3.63) is 72.8 Å². The number of rotatable bonds is 6. The summed E-state index contributed by atoms with van der Waals surface area (Å²) >= 11 is 7.15. The molecule has 8 nitrogen and oxygen atoms in total. The van der Waals surface area contributed by atoms with Gasteiger partial charge in [0.25, 0.3) is 20.0 Å². The van der Waals surface area contributed by atoms with E-state index in [2.05, 4.69) is 31.9 Å². The van der Waals surface area contributed by atoms with Crippen LogP contribution in [0.1, 0.15) is 0 Å². The number of sulfonamides is 2. The van der Waals surface area contributed by atoms with Crippen LogP contribution in [-0.2, 0) is 20.0 Å². The maximum absolute atomic E-state index is 13.8. The minimum atomic E-state index is -4.05. The molecule has 0 saturated carbocycles. The van der Waals surface area contributed by atoms with Crippen LogP contribution in [0.5, 0.6) is 11.5 Å². The highest BCUT2D eigenvalue weighted by Gasteiger charge is 2.38. The number of hydrogen-bond acceptors (Lipinski definition) is 6. The molecule has 3 aromatic carbocycles. The maximum atomic E-state index is 13.8. The van der Waals surface area contributed by atoms with Crippen molar-refractivity contribution in [3.63, 3.8) is 0 Å². The normalized spacial score (nSPS) is 18.7. The van der Waals surface area contributed by atoms with Gasteiger partial charge in [0.05, 0.1) is 35.4 Å². The molecule has 0 aromatic heterocycles. The molecule has 36 heavy (non-hydrogen) atoms. The van der Waals surface area contributed by atoms with E-state index >= 15 is 0 Å². The first-order chi connectivity index (χ1) is 17.1. The average molecular weight is 660 g/mol. The Labute approximate surface area is 228 Å². The third kappa shape index (κ3) is 5.09. The molecule has 0 bridgehead atoms. The third-order valence-electron chi connectivity index (χ3n) is 5.79. The molecule has 0 spiro atoms. The highest BCUT2D eigenvalue weighted by Crippen LogP contribution is 2.40. The topological polar surface area (TPSA) is 93.2 Å². The van der Waals surface area contributed by atoms with E-state index in [0.29, 0.717) is 11.5 Å². The summed E-state index contributed by atoms with van der Waals surface area (Å²) in [6.07, 6.45) is 0. The molecule has 0 aliphatic carbocycles. The fraction of sp³-hybridized carbons (Fsp3) is 0.250. The van der Waals surface area contributed by atoms with E-state index in [0.717, 1.165) is 0 Å². The first-order valence-electron chi connectivity index (χ1n) is 10.8. The Morgan fingerprint density at radius 3 is 1.28 bits per heavy atom. The number of fused-ring (bicyclic) bond motifs is 1. The van der Waals surface area contributed by atoms with Crippen molar-refractivity contribution in [2.45, 2.75) is 19.4 Å². The van der Waals surface area contributed by atoms with Gasteiger partial charge in [0.2, 0.25) is 0 Å². The molecule has 0 radical (unpaired) electrons. The fourth-order valence-corrected chi connectivity index (χ4v) is 8.14. The van der Waals surface area contributed by atoms with Crippen LogP contribution in [-0.4, -0.2) is 53.8 Å². The molecule has 1 heterocycles.